The number of nitrogens with one attached hydrogen (secondary N) is 1. The average Bonchev–Trinajstić information content (AvgIpc) is 3.22. The number of thiazole rings is 1. The Labute approximate surface area is 125 Å². The third kappa shape index (κ3) is 3.10. The molecule has 0 radical (unpaired) electrons. The van der Waals surface area contributed by atoms with Crippen LogP contribution in [0.4, 0.5) is 0 Å². The molecule has 0 saturated heterocycles. The van der Waals surface area contributed by atoms with E-state index in [9.17, 15) is 0 Å². The van der Waals surface area contributed by atoms with Crippen LogP contribution in [0.25, 0.3) is 10.6 Å². The summed E-state index contributed by atoms with van der Waals surface area (Å²) in [7, 11) is 0. The fraction of sp³-hybridized carbons (Fsp3) is 0.471. The Kier molecular flexibility index (Phi) is 4.18. The van der Waals surface area contributed by atoms with Crippen molar-refractivity contribution in [1.29, 1.82) is 0 Å². The van der Waals surface area contributed by atoms with E-state index in [0.717, 1.165) is 29.6 Å². The fourth-order valence-electron chi connectivity index (χ4n) is 2.43. The summed E-state index contributed by atoms with van der Waals surface area (Å²) in [6.45, 7) is 5.43. The minimum Gasteiger partial charge on any atom is -0.309 e. The highest BCUT2D eigenvalue weighted by Gasteiger charge is 2.23. The van der Waals surface area contributed by atoms with E-state index in [-0.39, 0.29) is 0 Å². The maximum absolute atomic E-state index is 4.81. The molecule has 0 spiro atoms. The highest BCUT2D eigenvalue weighted by Crippen LogP contribution is 2.41. The number of rotatable bonds is 6. The molecule has 0 amide bonds. The van der Waals surface area contributed by atoms with E-state index >= 15 is 0 Å². The molecule has 2 nitrogen and oxygen atoms in total. The molecule has 0 aliphatic heterocycles. The van der Waals surface area contributed by atoms with Crippen molar-refractivity contribution < 1.29 is 0 Å². The van der Waals surface area contributed by atoms with E-state index in [0.29, 0.717) is 6.04 Å². The van der Waals surface area contributed by atoms with Crippen LogP contribution in [0.15, 0.2) is 29.6 Å². The van der Waals surface area contributed by atoms with Gasteiger partial charge in [-0.15, -0.1) is 11.3 Å². The maximum atomic E-state index is 4.81. The van der Waals surface area contributed by atoms with Gasteiger partial charge in [-0.25, -0.2) is 4.98 Å². The summed E-state index contributed by atoms with van der Waals surface area (Å²) >= 11 is 1.75. The van der Waals surface area contributed by atoms with Gasteiger partial charge in [0.05, 0.1) is 5.69 Å². The second kappa shape index (κ2) is 6.06. The number of hydrogen-bond donors (Lipinski definition) is 1. The first-order valence-corrected chi connectivity index (χ1v) is 8.45. The van der Waals surface area contributed by atoms with Gasteiger partial charge in [0.15, 0.2) is 0 Å². The van der Waals surface area contributed by atoms with Crippen LogP contribution in [0.5, 0.6) is 0 Å². The lowest BCUT2D eigenvalue weighted by Crippen LogP contribution is -2.19. The summed E-state index contributed by atoms with van der Waals surface area (Å²) in [5.41, 5.74) is 3.92. The van der Waals surface area contributed by atoms with Crippen molar-refractivity contribution in [1.82, 2.24) is 10.3 Å². The van der Waals surface area contributed by atoms with Crippen molar-refractivity contribution in [3.63, 3.8) is 0 Å². The summed E-state index contributed by atoms with van der Waals surface area (Å²) in [6.07, 6.45) is 3.86. The molecule has 1 fully saturated rings. The Morgan fingerprint density at radius 1 is 1.40 bits per heavy atom. The van der Waals surface area contributed by atoms with E-state index in [2.05, 4.69) is 48.8 Å². The number of benzene rings is 1. The van der Waals surface area contributed by atoms with Crippen LogP contribution in [0.1, 0.15) is 56.3 Å². The zero-order chi connectivity index (χ0) is 13.9. The van der Waals surface area contributed by atoms with E-state index < -0.39 is 0 Å². The predicted molar refractivity (Wildman–Crippen MR) is 86.2 cm³/mol. The van der Waals surface area contributed by atoms with E-state index in [4.69, 9.17) is 4.98 Å². The third-order valence-corrected chi connectivity index (χ3v) is 4.76. The van der Waals surface area contributed by atoms with Gasteiger partial charge in [-0.1, -0.05) is 25.1 Å². The maximum Gasteiger partial charge on any atom is 0.123 e. The number of hydrogen-bond acceptors (Lipinski definition) is 3. The minimum atomic E-state index is 0.339. The lowest BCUT2D eigenvalue weighted by Gasteiger charge is -2.09. The molecule has 1 N–H and O–H groups in total. The molecule has 3 rings (SSSR count). The van der Waals surface area contributed by atoms with Crippen molar-refractivity contribution >= 4 is 11.3 Å². The lowest BCUT2D eigenvalue weighted by molar-refractivity contribution is 0.561. The molecule has 2 aromatic rings. The molecule has 3 heteroatoms. The molecule has 1 saturated carbocycles. The molecule has 1 aliphatic carbocycles. The van der Waals surface area contributed by atoms with Gasteiger partial charge in [-0.3, -0.25) is 0 Å². The molecule has 1 aliphatic rings. The van der Waals surface area contributed by atoms with Crippen LogP contribution < -0.4 is 5.32 Å². The first-order valence-electron chi connectivity index (χ1n) is 7.57. The summed E-state index contributed by atoms with van der Waals surface area (Å²) in [6, 6.07) is 9.26. The predicted octanol–water partition coefficient (Wildman–Crippen LogP) is 4.75. The summed E-state index contributed by atoms with van der Waals surface area (Å²) in [5, 5.41) is 6.83. The van der Waals surface area contributed by atoms with Gasteiger partial charge in [-0.2, -0.15) is 0 Å². The fourth-order valence-corrected chi connectivity index (χ4v) is 3.34. The quantitative estimate of drug-likeness (QED) is 0.829. The molecular weight excluding hydrogens is 264 g/mol. The molecule has 1 atom stereocenters. The highest BCUT2D eigenvalue weighted by molar-refractivity contribution is 7.13. The van der Waals surface area contributed by atoms with Crippen molar-refractivity contribution in [2.24, 2.45) is 0 Å². The number of aromatic nitrogens is 1. The Bertz CT molecular complexity index is 572. The van der Waals surface area contributed by atoms with Crippen LogP contribution in [0.2, 0.25) is 0 Å². The van der Waals surface area contributed by atoms with Crippen molar-refractivity contribution in [2.75, 3.05) is 6.54 Å². The zero-order valence-corrected chi connectivity index (χ0v) is 13.0. The normalized spacial score (nSPS) is 16.3. The summed E-state index contributed by atoms with van der Waals surface area (Å²) < 4.78 is 0. The number of nitrogens with zero attached hydrogens (tertiary/aromatic N) is 1. The van der Waals surface area contributed by atoms with Crippen LogP contribution >= 0.6 is 11.3 Å². The average molecular weight is 286 g/mol. The molecule has 1 aromatic carbocycles. The van der Waals surface area contributed by atoms with Crippen LogP contribution in [-0.4, -0.2) is 11.5 Å². The van der Waals surface area contributed by atoms with Crippen LogP contribution in [0, 0.1) is 0 Å². The molecule has 0 bridgehead atoms. The topological polar surface area (TPSA) is 24.9 Å². The molecular formula is C17H22N2S. The van der Waals surface area contributed by atoms with Crippen molar-refractivity contribution in [3.8, 4) is 10.6 Å². The molecule has 106 valence electrons. The summed E-state index contributed by atoms with van der Waals surface area (Å²) in [4.78, 5) is 4.81. The Morgan fingerprint density at radius 2 is 2.25 bits per heavy atom. The van der Waals surface area contributed by atoms with Gasteiger partial charge in [0, 0.05) is 17.0 Å². The Hall–Kier alpha value is -1.19. The SMILES string of the molecule is CCCNC(C)c1csc(-c2cccc(C3CC3)c2)n1. The second-order valence-electron chi connectivity index (χ2n) is 5.65. The highest BCUT2D eigenvalue weighted by atomic mass is 32.1. The van der Waals surface area contributed by atoms with Crippen molar-refractivity contribution in [2.45, 2.75) is 45.1 Å². The smallest absolute Gasteiger partial charge is 0.123 e. The van der Waals surface area contributed by atoms with Gasteiger partial charge in [0.25, 0.3) is 0 Å². The van der Waals surface area contributed by atoms with Crippen molar-refractivity contribution in [3.05, 3.63) is 40.9 Å². The minimum absolute atomic E-state index is 0.339. The largest absolute Gasteiger partial charge is 0.309 e. The van der Waals surface area contributed by atoms with Crippen LogP contribution in [0.3, 0.4) is 0 Å². The monoisotopic (exact) mass is 286 g/mol. The van der Waals surface area contributed by atoms with E-state index in [1.165, 1.54) is 24.0 Å². The lowest BCUT2D eigenvalue weighted by atomic mass is 10.1. The Balaban J connectivity index is 1.77. The zero-order valence-electron chi connectivity index (χ0n) is 12.2. The van der Waals surface area contributed by atoms with Crippen LogP contribution in [-0.2, 0) is 0 Å². The standard InChI is InChI=1S/C17H22N2S/c1-3-9-18-12(2)16-11-20-17(19-16)15-6-4-5-14(10-15)13-7-8-13/h4-6,10-13,18H,3,7-9H2,1-2H3. The van der Waals surface area contributed by atoms with Gasteiger partial charge in [0.1, 0.15) is 5.01 Å². The first kappa shape index (κ1) is 13.8. The van der Waals surface area contributed by atoms with Gasteiger partial charge in [0.2, 0.25) is 0 Å². The molecule has 1 heterocycles. The van der Waals surface area contributed by atoms with Gasteiger partial charge < -0.3 is 5.32 Å². The van der Waals surface area contributed by atoms with E-state index in [1.807, 2.05) is 0 Å². The molecule has 20 heavy (non-hydrogen) atoms. The summed E-state index contributed by atoms with van der Waals surface area (Å²) in [5.74, 6) is 0.805. The van der Waals surface area contributed by atoms with E-state index in [1.54, 1.807) is 11.3 Å². The first-order chi connectivity index (χ1) is 9.78. The Morgan fingerprint density at radius 3 is 3.00 bits per heavy atom. The molecule has 1 aromatic heterocycles. The molecule has 1 unspecified atom stereocenters. The van der Waals surface area contributed by atoms with Gasteiger partial charge >= 0.3 is 0 Å². The third-order valence-electron chi connectivity index (χ3n) is 3.85. The second-order valence-corrected chi connectivity index (χ2v) is 6.51. The van der Waals surface area contributed by atoms with Gasteiger partial charge in [-0.05, 0) is 50.3 Å².